The van der Waals surface area contributed by atoms with Crippen molar-refractivity contribution < 1.29 is 9.52 Å². The summed E-state index contributed by atoms with van der Waals surface area (Å²) in [6.45, 7) is 5.80. The monoisotopic (exact) mass is 254 g/mol. The molecule has 2 aromatic heterocycles. The van der Waals surface area contributed by atoms with E-state index in [-0.39, 0.29) is 6.04 Å². The number of aliphatic hydroxyl groups is 1. The lowest BCUT2D eigenvalue weighted by Crippen LogP contribution is -2.12. The van der Waals surface area contributed by atoms with Gasteiger partial charge in [-0.1, -0.05) is 11.6 Å². The molecule has 1 N–H and O–H groups in total. The SMILES string of the molecule is Cc1cc(C(O)c2c(Cl)cnn2C(C)C)co1. The third-order valence-electron chi connectivity index (χ3n) is 2.60. The molecule has 2 rings (SSSR count). The van der Waals surface area contributed by atoms with Gasteiger partial charge in [-0.25, -0.2) is 0 Å². The normalized spacial score (nSPS) is 13.3. The number of halogens is 1. The van der Waals surface area contributed by atoms with E-state index in [0.717, 1.165) is 5.76 Å². The van der Waals surface area contributed by atoms with E-state index in [1.54, 1.807) is 16.9 Å². The molecule has 1 unspecified atom stereocenters. The number of aryl methyl sites for hydroxylation is 1. The maximum Gasteiger partial charge on any atom is 0.125 e. The van der Waals surface area contributed by atoms with Crippen molar-refractivity contribution in [1.82, 2.24) is 9.78 Å². The predicted octanol–water partition coefficient (Wildman–Crippen LogP) is 3.10. The van der Waals surface area contributed by atoms with Crippen LogP contribution in [0, 0.1) is 6.92 Å². The van der Waals surface area contributed by atoms with E-state index < -0.39 is 6.10 Å². The summed E-state index contributed by atoms with van der Waals surface area (Å²) in [5, 5.41) is 14.9. The van der Waals surface area contributed by atoms with Crippen LogP contribution in [0.5, 0.6) is 0 Å². The molecule has 4 nitrogen and oxygen atoms in total. The van der Waals surface area contributed by atoms with E-state index in [4.69, 9.17) is 16.0 Å². The minimum atomic E-state index is -0.815. The number of nitrogens with zero attached hydrogens (tertiary/aromatic N) is 2. The van der Waals surface area contributed by atoms with Crippen molar-refractivity contribution in [3.05, 3.63) is 40.6 Å². The van der Waals surface area contributed by atoms with Crippen LogP contribution in [0.3, 0.4) is 0 Å². The lowest BCUT2D eigenvalue weighted by atomic mass is 10.1. The van der Waals surface area contributed by atoms with Gasteiger partial charge in [-0.2, -0.15) is 5.10 Å². The molecule has 0 aliphatic heterocycles. The van der Waals surface area contributed by atoms with Gasteiger partial charge >= 0.3 is 0 Å². The second-order valence-corrected chi connectivity index (χ2v) is 4.72. The van der Waals surface area contributed by atoms with Gasteiger partial charge in [-0.3, -0.25) is 4.68 Å². The molecule has 0 radical (unpaired) electrons. The Hall–Kier alpha value is -1.26. The highest BCUT2D eigenvalue weighted by Gasteiger charge is 2.22. The van der Waals surface area contributed by atoms with Crippen LogP contribution in [-0.2, 0) is 0 Å². The molecule has 0 aromatic carbocycles. The minimum Gasteiger partial charge on any atom is -0.469 e. The van der Waals surface area contributed by atoms with Gasteiger partial charge in [0.05, 0.1) is 23.2 Å². The summed E-state index contributed by atoms with van der Waals surface area (Å²) >= 11 is 6.07. The molecule has 0 aliphatic rings. The molecule has 5 heteroatoms. The molecule has 92 valence electrons. The first kappa shape index (κ1) is 12.2. The van der Waals surface area contributed by atoms with Crippen LogP contribution < -0.4 is 0 Å². The van der Waals surface area contributed by atoms with Crippen molar-refractivity contribution in [3.8, 4) is 0 Å². The fraction of sp³-hybridized carbons (Fsp3) is 0.417. The molecule has 0 aliphatic carbocycles. The first-order chi connectivity index (χ1) is 8.00. The van der Waals surface area contributed by atoms with Gasteiger partial charge in [0.15, 0.2) is 0 Å². The number of aliphatic hydroxyl groups excluding tert-OH is 1. The Morgan fingerprint density at radius 3 is 2.71 bits per heavy atom. The Morgan fingerprint density at radius 2 is 2.18 bits per heavy atom. The highest BCUT2D eigenvalue weighted by Crippen LogP contribution is 2.30. The number of aromatic nitrogens is 2. The third-order valence-corrected chi connectivity index (χ3v) is 2.89. The van der Waals surface area contributed by atoms with Crippen molar-refractivity contribution in [2.45, 2.75) is 32.9 Å². The van der Waals surface area contributed by atoms with E-state index >= 15 is 0 Å². The Labute approximate surface area is 105 Å². The molecular formula is C12H15ClN2O2. The van der Waals surface area contributed by atoms with Gasteiger partial charge < -0.3 is 9.52 Å². The van der Waals surface area contributed by atoms with E-state index in [1.165, 1.54) is 6.26 Å². The Morgan fingerprint density at radius 1 is 1.47 bits per heavy atom. The van der Waals surface area contributed by atoms with Gasteiger partial charge in [0.25, 0.3) is 0 Å². The summed E-state index contributed by atoms with van der Waals surface area (Å²) in [5.74, 6) is 0.755. The van der Waals surface area contributed by atoms with Crippen molar-refractivity contribution >= 4 is 11.6 Å². The molecule has 2 heterocycles. The maximum absolute atomic E-state index is 10.3. The van der Waals surface area contributed by atoms with Crippen LogP contribution in [0.15, 0.2) is 22.9 Å². The lowest BCUT2D eigenvalue weighted by molar-refractivity contribution is 0.204. The molecule has 0 spiro atoms. The Bertz CT molecular complexity index is 516. The Balaban J connectivity index is 2.43. The van der Waals surface area contributed by atoms with Crippen molar-refractivity contribution in [2.75, 3.05) is 0 Å². The zero-order chi connectivity index (χ0) is 12.6. The van der Waals surface area contributed by atoms with E-state index in [9.17, 15) is 5.11 Å². The standard InChI is InChI=1S/C12H15ClN2O2/c1-7(2)15-11(10(13)5-14-15)12(16)9-4-8(3)17-6-9/h4-7,12,16H,1-3H3. The smallest absolute Gasteiger partial charge is 0.125 e. The van der Waals surface area contributed by atoms with Crippen LogP contribution in [0.4, 0.5) is 0 Å². The zero-order valence-corrected chi connectivity index (χ0v) is 10.8. The van der Waals surface area contributed by atoms with Gasteiger partial charge in [0.2, 0.25) is 0 Å². The maximum atomic E-state index is 10.3. The van der Waals surface area contributed by atoms with Gasteiger partial charge in [-0.05, 0) is 26.8 Å². The van der Waals surface area contributed by atoms with Crippen molar-refractivity contribution in [2.24, 2.45) is 0 Å². The van der Waals surface area contributed by atoms with Gasteiger partial charge in [-0.15, -0.1) is 0 Å². The van der Waals surface area contributed by atoms with Crippen molar-refractivity contribution in [3.63, 3.8) is 0 Å². The first-order valence-corrected chi connectivity index (χ1v) is 5.84. The Kier molecular flexibility index (Phi) is 3.26. The van der Waals surface area contributed by atoms with E-state index in [1.807, 2.05) is 20.8 Å². The topological polar surface area (TPSA) is 51.2 Å². The molecular weight excluding hydrogens is 240 g/mol. The third kappa shape index (κ3) is 2.23. The summed E-state index contributed by atoms with van der Waals surface area (Å²) in [4.78, 5) is 0. The van der Waals surface area contributed by atoms with Gasteiger partial charge in [0.1, 0.15) is 11.9 Å². The van der Waals surface area contributed by atoms with Crippen LogP contribution in [0.1, 0.15) is 43.0 Å². The second kappa shape index (κ2) is 4.55. The highest BCUT2D eigenvalue weighted by molar-refractivity contribution is 6.31. The molecule has 2 aromatic rings. The number of rotatable bonds is 3. The summed E-state index contributed by atoms with van der Waals surface area (Å²) < 4.78 is 6.91. The van der Waals surface area contributed by atoms with Crippen LogP contribution in [0.25, 0.3) is 0 Å². The fourth-order valence-corrected chi connectivity index (χ4v) is 2.02. The quantitative estimate of drug-likeness (QED) is 0.916. The van der Waals surface area contributed by atoms with Crippen LogP contribution in [0.2, 0.25) is 5.02 Å². The minimum absolute atomic E-state index is 0.139. The predicted molar refractivity (Wildman–Crippen MR) is 65.1 cm³/mol. The summed E-state index contributed by atoms with van der Waals surface area (Å²) in [6.07, 6.45) is 2.27. The lowest BCUT2D eigenvalue weighted by Gasteiger charge is -2.15. The molecule has 0 amide bonds. The molecule has 0 fully saturated rings. The molecule has 17 heavy (non-hydrogen) atoms. The largest absolute Gasteiger partial charge is 0.469 e. The van der Waals surface area contributed by atoms with Crippen molar-refractivity contribution in [1.29, 1.82) is 0 Å². The number of hydrogen-bond donors (Lipinski definition) is 1. The zero-order valence-electron chi connectivity index (χ0n) is 10.0. The average Bonchev–Trinajstić information content (AvgIpc) is 2.83. The van der Waals surface area contributed by atoms with Crippen LogP contribution in [-0.4, -0.2) is 14.9 Å². The molecule has 0 bridgehead atoms. The number of hydrogen-bond acceptors (Lipinski definition) is 3. The number of furan rings is 1. The van der Waals surface area contributed by atoms with E-state index in [0.29, 0.717) is 16.3 Å². The summed E-state index contributed by atoms with van der Waals surface area (Å²) in [5.41, 5.74) is 1.29. The van der Waals surface area contributed by atoms with Gasteiger partial charge in [0, 0.05) is 11.6 Å². The summed E-state index contributed by atoms with van der Waals surface area (Å²) in [7, 11) is 0. The first-order valence-electron chi connectivity index (χ1n) is 5.46. The molecule has 0 saturated heterocycles. The summed E-state index contributed by atoms with van der Waals surface area (Å²) in [6, 6.07) is 1.93. The highest BCUT2D eigenvalue weighted by atomic mass is 35.5. The second-order valence-electron chi connectivity index (χ2n) is 4.31. The average molecular weight is 255 g/mol. The molecule has 0 saturated carbocycles. The van der Waals surface area contributed by atoms with E-state index in [2.05, 4.69) is 5.10 Å². The fourth-order valence-electron chi connectivity index (χ4n) is 1.78. The van der Waals surface area contributed by atoms with Crippen LogP contribution >= 0.6 is 11.6 Å². The molecule has 1 atom stereocenters.